The Labute approximate surface area is 116 Å². The summed E-state index contributed by atoms with van der Waals surface area (Å²) in [5, 5.41) is 0. The van der Waals surface area contributed by atoms with Crippen molar-refractivity contribution in [3.05, 3.63) is 22.7 Å². The molecule has 0 bridgehead atoms. The summed E-state index contributed by atoms with van der Waals surface area (Å²) in [6, 6.07) is 6.16. The molecule has 0 aliphatic carbocycles. The van der Waals surface area contributed by atoms with E-state index in [2.05, 4.69) is 58.6 Å². The van der Waals surface area contributed by atoms with Gasteiger partial charge >= 0.3 is 0 Å². The van der Waals surface area contributed by atoms with E-state index in [0.29, 0.717) is 4.75 Å². The van der Waals surface area contributed by atoms with Gasteiger partial charge in [0.25, 0.3) is 0 Å². The van der Waals surface area contributed by atoms with Gasteiger partial charge in [0.2, 0.25) is 0 Å². The average Bonchev–Trinajstić information content (AvgIpc) is 2.40. The Kier molecular flexibility index (Phi) is 3.93. The molecule has 2 N–H and O–H groups in total. The van der Waals surface area contributed by atoms with Crippen LogP contribution in [-0.2, 0) is 0 Å². The normalized spacial score (nSPS) is 20.1. The second-order valence-corrected chi connectivity index (χ2v) is 7.77. The Balaban J connectivity index is 2.17. The number of hydrogen-bond acceptors (Lipinski definition) is 3. The van der Waals surface area contributed by atoms with Crippen molar-refractivity contribution >= 4 is 39.1 Å². The van der Waals surface area contributed by atoms with Crippen LogP contribution < -0.4 is 10.6 Å². The third kappa shape index (κ3) is 3.32. The molecule has 1 heterocycles. The number of hydrogen-bond donors (Lipinski definition) is 1. The monoisotopic (exact) mass is 314 g/mol. The van der Waals surface area contributed by atoms with E-state index in [1.54, 1.807) is 0 Å². The van der Waals surface area contributed by atoms with E-state index in [4.69, 9.17) is 5.73 Å². The van der Waals surface area contributed by atoms with Gasteiger partial charge in [-0.15, -0.1) is 0 Å². The summed E-state index contributed by atoms with van der Waals surface area (Å²) < 4.78 is 1.43. The van der Waals surface area contributed by atoms with E-state index >= 15 is 0 Å². The predicted molar refractivity (Wildman–Crippen MR) is 81.9 cm³/mol. The van der Waals surface area contributed by atoms with E-state index in [0.717, 1.165) is 23.2 Å². The van der Waals surface area contributed by atoms with Crippen LogP contribution in [0.3, 0.4) is 0 Å². The van der Waals surface area contributed by atoms with Crippen LogP contribution in [0, 0.1) is 0 Å². The lowest BCUT2D eigenvalue weighted by Gasteiger charge is -2.25. The Morgan fingerprint density at radius 3 is 2.82 bits per heavy atom. The van der Waals surface area contributed by atoms with Crippen molar-refractivity contribution in [3.63, 3.8) is 0 Å². The molecule has 0 radical (unpaired) electrons. The Morgan fingerprint density at radius 1 is 1.35 bits per heavy atom. The van der Waals surface area contributed by atoms with Gasteiger partial charge in [0.05, 0.1) is 11.4 Å². The molecule has 17 heavy (non-hydrogen) atoms. The minimum Gasteiger partial charge on any atom is -0.397 e. The lowest BCUT2D eigenvalue weighted by Crippen LogP contribution is -2.27. The fourth-order valence-electron chi connectivity index (χ4n) is 2.07. The van der Waals surface area contributed by atoms with Crippen molar-refractivity contribution in [2.45, 2.75) is 25.0 Å². The molecule has 2 rings (SSSR count). The van der Waals surface area contributed by atoms with Crippen molar-refractivity contribution < 1.29 is 0 Å². The van der Waals surface area contributed by atoms with E-state index < -0.39 is 0 Å². The van der Waals surface area contributed by atoms with Gasteiger partial charge in [-0.2, -0.15) is 11.8 Å². The molecule has 1 aromatic rings. The third-order valence-corrected chi connectivity index (χ3v) is 5.03. The smallest absolute Gasteiger partial charge is 0.0601 e. The second kappa shape index (κ2) is 5.11. The van der Waals surface area contributed by atoms with Crippen molar-refractivity contribution in [2.75, 3.05) is 29.5 Å². The minimum atomic E-state index is 0.388. The van der Waals surface area contributed by atoms with Crippen molar-refractivity contribution in [2.24, 2.45) is 0 Å². The highest BCUT2D eigenvalue weighted by molar-refractivity contribution is 9.10. The minimum absolute atomic E-state index is 0.388. The van der Waals surface area contributed by atoms with Crippen molar-refractivity contribution in [1.29, 1.82) is 0 Å². The molecule has 0 aromatic heterocycles. The molecule has 1 saturated heterocycles. The highest BCUT2D eigenvalue weighted by Gasteiger charge is 2.24. The Bertz CT molecular complexity index is 406. The molecular formula is C13H19BrN2S. The number of anilines is 2. The van der Waals surface area contributed by atoms with Gasteiger partial charge in [0.1, 0.15) is 0 Å². The van der Waals surface area contributed by atoms with Crippen LogP contribution in [0.5, 0.6) is 0 Å². The van der Waals surface area contributed by atoms with Gasteiger partial charge in [-0.25, -0.2) is 0 Å². The SMILES string of the molecule is CC1(C)CCN(c2ccc(Br)cc2N)CCS1. The molecule has 1 aromatic carbocycles. The van der Waals surface area contributed by atoms with Crippen molar-refractivity contribution in [3.8, 4) is 0 Å². The number of rotatable bonds is 1. The first-order valence-electron chi connectivity index (χ1n) is 5.92. The van der Waals surface area contributed by atoms with Gasteiger partial charge in [0, 0.05) is 28.1 Å². The van der Waals surface area contributed by atoms with Crippen LogP contribution in [-0.4, -0.2) is 23.6 Å². The Hall–Kier alpha value is -0.350. The summed E-state index contributed by atoms with van der Waals surface area (Å²) in [5.74, 6) is 1.17. The molecule has 0 spiro atoms. The zero-order valence-electron chi connectivity index (χ0n) is 10.4. The molecule has 1 aliphatic rings. The number of nitrogen functional groups attached to an aromatic ring is 1. The summed E-state index contributed by atoms with van der Waals surface area (Å²) in [6.45, 7) is 6.82. The largest absolute Gasteiger partial charge is 0.397 e. The molecule has 0 unspecified atom stereocenters. The lowest BCUT2D eigenvalue weighted by molar-refractivity contribution is 0.638. The van der Waals surface area contributed by atoms with E-state index in [1.807, 2.05) is 6.07 Å². The third-order valence-electron chi connectivity index (χ3n) is 3.17. The molecule has 0 amide bonds. The van der Waals surface area contributed by atoms with E-state index in [-0.39, 0.29) is 0 Å². The van der Waals surface area contributed by atoms with Gasteiger partial charge in [-0.3, -0.25) is 0 Å². The summed E-state index contributed by atoms with van der Waals surface area (Å²) >= 11 is 5.51. The van der Waals surface area contributed by atoms with Crippen LogP contribution in [0.2, 0.25) is 0 Å². The van der Waals surface area contributed by atoms with Gasteiger partial charge in [-0.1, -0.05) is 29.8 Å². The number of benzene rings is 1. The molecule has 94 valence electrons. The van der Waals surface area contributed by atoms with E-state index in [1.165, 1.54) is 17.9 Å². The van der Waals surface area contributed by atoms with Crippen LogP contribution in [0.15, 0.2) is 22.7 Å². The molecular weight excluding hydrogens is 296 g/mol. The fourth-order valence-corrected chi connectivity index (χ4v) is 3.55. The lowest BCUT2D eigenvalue weighted by atomic mass is 10.1. The van der Waals surface area contributed by atoms with Crippen molar-refractivity contribution in [1.82, 2.24) is 0 Å². The van der Waals surface area contributed by atoms with Crippen LogP contribution in [0.1, 0.15) is 20.3 Å². The zero-order chi connectivity index (χ0) is 12.5. The number of nitrogens with two attached hydrogens (primary N) is 1. The first kappa shape index (κ1) is 13.1. The van der Waals surface area contributed by atoms with Crippen LogP contribution in [0.25, 0.3) is 0 Å². The maximum Gasteiger partial charge on any atom is 0.0601 e. The Morgan fingerprint density at radius 2 is 2.12 bits per heavy atom. The topological polar surface area (TPSA) is 29.3 Å². The van der Waals surface area contributed by atoms with Gasteiger partial charge in [0.15, 0.2) is 0 Å². The van der Waals surface area contributed by atoms with E-state index in [9.17, 15) is 0 Å². The van der Waals surface area contributed by atoms with Crippen LogP contribution >= 0.6 is 27.7 Å². The molecule has 0 atom stereocenters. The standard InChI is InChI=1S/C13H19BrN2S/c1-13(2)5-6-16(7-8-17-13)12-4-3-10(14)9-11(12)15/h3-4,9H,5-8,15H2,1-2H3. The fraction of sp³-hybridized carbons (Fsp3) is 0.538. The summed E-state index contributed by atoms with van der Waals surface area (Å²) in [4.78, 5) is 2.41. The highest BCUT2D eigenvalue weighted by Crippen LogP contribution is 2.34. The molecule has 0 saturated carbocycles. The summed E-state index contributed by atoms with van der Waals surface area (Å²) in [7, 11) is 0. The highest BCUT2D eigenvalue weighted by atomic mass is 79.9. The maximum absolute atomic E-state index is 6.09. The summed E-state index contributed by atoms with van der Waals surface area (Å²) in [6.07, 6.45) is 1.20. The molecule has 1 aliphatic heterocycles. The van der Waals surface area contributed by atoms with Gasteiger partial charge in [-0.05, 0) is 24.6 Å². The summed E-state index contributed by atoms with van der Waals surface area (Å²) in [5.41, 5.74) is 8.13. The quantitative estimate of drug-likeness (QED) is 0.800. The second-order valence-electron chi connectivity index (χ2n) is 5.05. The average molecular weight is 315 g/mol. The predicted octanol–water partition coefficient (Wildman–Crippen LogP) is 3.75. The first-order valence-corrected chi connectivity index (χ1v) is 7.70. The van der Waals surface area contributed by atoms with Crippen LogP contribution in [0.4, 0.5) is 11.4 Å². The van der Waals surface area contributed by atoms with Gasteiger partial charge < -0.3 is 10.6 Å². The molecule has 4 heteroatoms. The maximum atomic E-state index is 6.09. The number of thioether (sulfide) groups is 1. The number of nitrogens with zero attached hydrogens (tertiary/aromatic N) is 1. The number of halogens is 1. The first-order chi connectivity index (χ1) is 7.98. The zero-order valence-corrected chi connectivity index (χ0v) is 12.8. The molecule has 1 fully saturated rings. The molecule has 2 nitrogen and oxygen atoms in total.